The fourth-order valence-electron chi connectivity index (χ4n) is 0.870. The standard InChI is InChI=1S/C8H5F3INO2/c1-4-2-13-5(3-14)7(6(4)12)15-8(9,10)11/h2-3H,1H3. The van der Waals surface area contributed by atoms with E-state index in [1.165, 1.54) is 6.20 Å². The summed E-state index contributed by atoms with van der Waals surface area (Å²) in [6.07, 6.45) is -3.29. The summed E-state index contributed by atoms with van der Waals surface area (Å²) in [5, 5.41) is 0. The number of rotatable bonds is 2. The molecule has 0 aliphatic rings. The van der Waals surface area contributed by atoms with Gasteiger partial charge in [-0.3, -0.25) is 4.79 Å². The molecule has 0 aromatic carbocycles. The van der Waals surface area contributed by atoms with Gasteiger partial charge >= 0.3 is 6.36 Å². The lowest BCUT2D eigenvalue weighted by Crippen LogP contribution is -2.19. The van der Waals surface area contributed by atoms with Gasteiger partial charge in [0.15, 0.2) is 12.0 Å². The molecule has 82 valence electrons. The van der Waals surface area contributed by atoms with Crippen LogP contribution in [0.25, 0.3) is 0 Å². The van der Waals surface area contributed by atoms with E-state index in [0.29, 0.717) is 5.56 Å². The Bertz CT molecular complexity index is 392. The highest BCUT2D eigenvalue weighted by atomic mass is 127. The van der Waals surface area contributed by atoms with Crippen molar-refractivity contribution in [3.63, 3.8) is 0 Å². The Labute approximate surface area is 96.8 Å². The van der Waals surface area contributed by atoms with Crippen molar-refractivity contribution >= 4 is 28.9 Å². The highest BCUT2D eigenvalue weighted by Gasteiger charge is 2.33. The van der Waals surface area contributed by atoms with Gasteiger partial charge in [0.2, 0.25) is 0 Å². The summed E-state index contributed by atoms with van der Waals surface area (Å²) in [5.41, 5.74) is 0.155. The van der Waals surface area contributed by atoms with Crippen molar-refractivity contribution in [2.75, 3.05) is 0 Å². The van der Waals surface area contributed by atoms with Crippen LogP contribution in [-0.2, 0) is 0 Å². The van der Waals surface area contributed by atoms with Crippen LogP contribution >= 0.6 is 22.6 Å². The molecule has 1 rings (SSSR count). The van der Waals surface area contributed by atoms with Gasteiger partial charge in [0.25, 0.3) is 0 Å². The molecule has 0 radical (unpaired) electrons. The van der Waals surface area contributed by atoms with E-state index in [1.807, 2.05) is 0 Å². The van der Waals surface area contributed by atoms with E-state index in [0.717, 1.165) is 0 Å². The van der Waals surface area contributed by atoms with Crippen LogP contribution in [0, 0.1) is 10.5 Å². The number of aryl methyl sites for hydroxylation is 1. The number of nitrogens with zero attached hydrogens (tertiary/aromatic N) is 1. The van der Waals surface area contributed by atoms with Crippen LogP contribution in [-0.4, -0.2) is 17.6 Å². The molecule has 0 saturated heterocycles. The van der Waals surface area contributed by atoms with Crippen LogP contribution in [0.2, 0.25) is 0 Å². The molecule has 3 nitrogen and oxygen atoms in total. The number of aromatic nitrogens is 1. The predicted octanol–water partition coefficient (Wildman–Crippen LogP) is 2.71. The molecular formula is C8H5F3INO2. The molecule has 0 fully saturated rings. The van der Waals surface area contributed by atoms with Gasteiger partial charge in [0.05, 0.1) is 3.57 Å². The number of pyridine rings is 1. The number of hydrogen-bond donors (Lipinski definition) is 0. The summed E-state index contributed by atoms with van der Waals surface area (Å²) in [6.45, 7) is 1.58. The fourth-order valence-corrected chi connectivity index (χ4v) is 1.40. The van der Waals surface area contributed by atoms with Crippen molar-refractivity contribution in [1.82, 2.24) is 4.98 Å². The number of alkyl halides is 3. The SMILES string of the molecule is Cc1cnc(C=O)c(OC(F)(F)F)c1I. The average Bonchev–Trinajstić information content (AvgIpc) is 2.11. The van der Waals surface area contributed by atoms with E-state index in [1.54, 1.807) is 29.5 Å². The molecule has 0 bridgehead atoms. The van der Waals surface area contributed by atoms with Crippen LogP contribution in [0.15, 0.2) is 6.20 Å². The zero-order valence-electron chi connectivity index (χ0n) is 7.43. The maximum absolute atomic E-state index is 12.0. The lowest BCUT2D eigenvalue weighted by atomic mass is 10.2. The highest BCUT2D eigenvalue weighted by molar-refractivity contribution is 14.1. The molecule has 15 heavy (non-hydrogen) atoms. The lowest BCUT2D eigenvalue weighted by molar-refractivity contribution is -0.275. The number of carbonyl (C=O) groups is 1. The minimum absolute atomic E-state index is 0.224. The quantitative estimate of drug-likeness (QED) is 0.618. The Morgan fingerprint density at radius 1 is 1.53 bits per heavy atom. The van der Waals surface area contributed by atoms with Gasteiger partial charge in [-0.05, 0) is 35.1 Å². The van der Waals surface area contributed by atoms with Crippen LogP contribution in [0.3, 0.4) is 0 Å². The maximum atomic E-state index is 12.0. The number of ether oxygens (including phenoxy) is 1. The molecule has 0 N–H and O–H groups in total. The van der Waals surface area contributed by atoms with Crippen LogP contribution < -0.4 is 4.74 Å². The number of hydrogen-bond acceptors (Lipinski definition) is 3. The topological polar surface area (TPSA) is 39.2 Å². The number of aldehydes is 1. The lowest BCUT2D eigenvalue weighted by Gasteiger charge is -2.12. The average molecular weight is 331 g/mol. The fraction of sp³-hybridized carbons (Fsp3) is 0.250. The second-order valence-electron chi connectivity index (χ2n) is 2.64. The molecule has 0 aliphatic carbocycles. The van der Waals surface area contributed by atoms with E-state index in [-0.39, 0.29) is 15.6 Å². The molecule has 1 heterocycles. The molecule has 0 atom stereocenters. The minimum Gasteiger partial charge on any atom is -0.402 e. The van der Waals surface area contributed by atoms with Gasteiger partial charge in [0, 0.05) is 6.20 Å². The van der Waals surface area contributed by atoms with Crippen molar-refractivity contribution in [3.8, 4) is 5.75 Å². The molecule has 1 aromatic heterocycles. The Morgan fingerprint density at radius 2 is 2.13 bits per heavy atom. The Morgan fingerprint density at radius 3 is 2.60 bits per heavy atom. The molecule has 0 aliphatic heterocycles. The van der Waals surface area contributed by atoms with Gasteiger partial charge in [-0.1, -0.05) is 0 Å². The number of carbonyl (C=O) groups excluding carboxylic acids is 1. The Balaban J connectivity index is 3.24. The summed E-state index contributed by atoms with van der Waals surface area (Å²) < 4.78 is 40.0. The van der Waals surface area contributed by atoms with Gasteiger partial charge in [0.1, 0.15) is 5.69 Å². The smallest absolute Gasteiger partial charge is 0.402 e. The van der Waals surface area contributed by atoms with Gasteiger partial charge in [-0.25, -0.2) is 4.98 Å². The molecule has 1 aromatic rings. The molecule has 0 spiro atoms. The van der Waals surface area contributed by atoms with Crippen molar-refractivity contribution in [3.05, 3.63) is 21.0 Å². The highest BCUT2D eigenvalue weighted by Crippen LogP contribution is 2.31. The van der Waals surface area contributed by atoms with E-state index in [9.17, 15) is 18.0 Å². The molecule has 0 saturated carbocycles. The Hall–Kier alpha value is -0.860. The van der Waals surface area contributed by atoms with E-state index >= 15 is 0 Å². The first kappa shape index (κ1) is 12.2. The van der Waals surface area contributed by atoms with Crippen molar-refractivity contribution < 1.29 is 22.7 Å². The van der Waals surface area contributed by atoms with Crippen LogP contribution in [0.1, 0.15) is 16.1 Å². The molecular weight excluding hydrogens is 326 g/mol. The third-order valence-corrected chi connectivity index (χ3v) is 2.85. The normalized spacial score (nSPS) is 11.3. The van der Waals surface area contributed by atoms with E-state index in [4.69, 9.17) is 0 Å². The summed E-state index contributed by atoms with van der Waals surface area (Å²) in [6, 6.07) is 0. The van der Waals surface area contributed by atoms with Gasteiger partial charge in [-0.15, -0.1) is 13.2 Å². The van der Waals surface area contributed by atoms with Crippen molar-refractivity contribution in [2.45, 2.75) is 13.3 Å². The zero-order chi connectivity index (χ0) is 11.6. The number of halogens is 4. The van der Waals surface area contributed by atoms with Gasteiger partial charge in [-0.2, -0.15) is 0 Å². The van der Waals surface area contributed by atoms with E-state index < -0.39 is 12.1 Å². The van der Waals surface area contributed by atoms with Crippen LogP contribution in [0.4, 0.5) is 13.2 Å². The molecule has 7 heteroatoms. The largest absolute Gasteiger partial charge is 0.573 e. The minimum atomic E-state index is -4.83. The van der Waals surface area contributed by atoms with E-state index in [2.05, 4.69) is 9.72 Å². The third kappa shape index (κ3) is 3.05. The predicted molar refractivity (Wildman–Crippen MR) is 53.8 cm³/mol. The summed E-state index contributed by atoms with van der Waals surface area (Å²) in [7, 11) is 0. The summed E-state index contributed by atoms with van der Waals surface area (Å²) in [5.74, 6) is -0.543. The van der Waals surface area contributed by atoms with Gasteiger partial charge < -0.3 is 4.74 Å². The maximum Gasteiger partial charge on any atom is 0.573 e. The van der Waals surface area contributed by atoms with Crippen molar-refractivity contribution in [2.24, 2.45) is 0 Å². The zero-order valence-corrected chi connectivity index (χ0v) is 9.59. The second kappa shape index (κ2) is 4.33. The summed E-state index contributed by atoms with van der Waals surface area (Å²) in [4.78, 5) is 14.0. The first-order valence-electron chi connectivity index (χ1n) is 3.71. The Kier molecular flexibility index (Phi) is 3.53. The molecule has 0 amide bonds. The molecule has 0 unspecified atom stereocenters. The third-order valence-electron chi connectivity index (χ3n) is 1.50. The second-order valence-corrected chi connectivity index (χ2v) is 3.71. The van der Waals surface area contributed by atoms with Crippen molar-refractivity contribution in [1.29, 1.82) is 0 Å². The first-order chi connectivity index (χ1) is 6.85. The summed E-state index contributed by atoms with van der Waals surface area (Å²) >= 11 is 1.67. The van der Waals surface area contributed by atoms with Crippen LogP contribution in [0.5, 0.6) is 5.75 Å². The monoisotopic (exact) mass is 331 g/mol. The first-order valence-corrected chi connectivity index (χ1v) is 4.79.